The second kappa shape index (κ2) is 7.24. The number of benzene rings is 2. The monoisotopic (exact) mass is 322 g/mol. The Morgan fingerprint density at radius 2 is 2.10 bits per heavy atom. The van der Waals surface area contributed by atoms with Crippen LogP contribution in [0.25, 0.3) is 0 Å². The van der Waals surface area contributed by atoms with E-state index in [1.807, 2.05) is 36.4 Å². The molecule has 110 valence electrons. The van der Waals surface area contributed by atoms with Crippen molar-refractivity contribution in [2.45, 2.75) is 10.6 Å². The Hall–Kier alpha value is -1.85. The molecule has 0 spiro atoms. The van der Waals surface area contributed by atoms with Crippen molar-refractivity contribution in [3.8, 4) is 5.75 Å². The van der Waals surface area contributed by atoms with Crippen LogP contribution in [0.1, 0.15) is 11.1 Å². The van der Waals surface area contributed by atoms with E-state index >= 15 is 0 Å². The summed E-state index contributed by atoms with van der Waals surface area (Å²) in [6.07, 6.45) is 0. The van der Waals surface area contributed by atoms with Gasteiger partial charge in [-0.3, -0.25) is 0 Å². The van der Waals surface area contributed by atoms with Gasteiger partial charge in [-0.2, -0.15) is 0 Å². The third kappa shape index (κ3) is 3.83. The highest BCUT2D eigenvalue weighted by molar-refractivity contribution is 7.98. The molecular formula is C15H15ClN2O2S. The van der Waals surface area contributed by atoms with Crippen LogP contribution in [-0.4, -0.2) is 18.2 Å². The van der Waals surface area contributed by atoms with E-state index in [1.54, 1.807) is 24.9 Å². The first-order valence-electron chi connectivity index (χ1n) is 6.18. The molecule has 0 amide bonds. The van der Waals surface area contributed by atoms with Gasteiger partial charge in [0.05, 0.1) is 17.7 Å². The van der Waals surface area contributed by atoms with Gasteiger partial charge in [-0.05, 0) is 29.8 Å². The third-order valence-corrected chi connectivity index (χ3v) is 4.46. The summed E-state index contributed by atoms with van der Waals surface area (Å²) >= 11 is 7.75. The fourth-order valence-corrected chi connectivity index (χ4v) is 3.00. The Balaban J connectivity index is 2.20. The maximum absolute atomic E-state index is 8.83. The Morgan fingerprint density at radius 3 is 2.76 bits per heavy atom. The first-order chi connectivity index (χ1) is 10.2. The number of nitrogens with two attached hydrogens (primary N) is 1. The van der Waals surface area contributed by atoms with Gasteiger partial charge in [0.2, 0.25) is 0 Å². The molecule has 0 unspecified atom stereocenters. The van der Waals surface area contributed by atoms with Gasteiger partial charge in [0.25, 0.3) is 0 Å². The minimum Gasteiger partial charge on any atom is -0.496 e. The van der Waals surface area contributed by atoms with Crippen molar-refractivity contribution in [1.29, 1.82) is 0 Å². The van der Waals surface area contributed by atoms with Crippen molar-refractivity contribution >= 4 is 29.2 Å². The summed E-state index contributed by atoms with van der Waals surface area (Å²) in [4.78, 5) is 1.01. The SMILES string of the molecule is COc1ccc(CSc2ccccc2Cl)cc1C(N)=NO. The number of ether oxygens (including phenoxy) is 1. The topological polar surface area (TPSA) is 67.8 Å². The molecule has 0 saturated carbocycles. The fourth-order valence-electron chi connectivity index (χ4n) is 1.82. The Labute approximate surface area is 132 Å². The van der Waals surface area contributed by atoms with E-state index in [0.717, 1.165) is 21.2 Å². The van der Waals surface area contributed by atoms with Crippen LogP contribution in [0, 0.1) is 0 Å². The summed E-state index contributed by atoms with van der Waals surface area (Å²) in [5.41, 5.74) is 7.26. The average Bonchev–Trinajstić information content (AvgIpc) is 2.53. The minimum absolute atomic E-state index is 0.0245. The quantitative estimate of drug-likeness (QED) is 0.289. The summed E-state index contributed by atoms with van der Waals surface area (Å²) in [6.45, 7) is 0. The molecule has 21 heavy (non-hydrogen) atoms. The first-order valence-corrected chi connectivity index (χ1v) is 7.54. The molecule has 0 bridgehead atoms. The second-order valence-corrected chi connectivity index (χ2v) is 5.66. The molecule has 2 aromatic rings. The lowest BCUT2D eigenvalue weighted by atomic mass is 10.1. The number of rotatable bonds is 5. The van der Waals surface area contributed by atoms with E-state index < -0.39 is 0 Å². The molecule has 0 aliphatic heterocycles. The normalized spacial score (nSPS) is 11.4. The second-order valence-electron chi connectivity index (χ2n) is 4.24. The molecular weight excluding hydrogens is 308 g/mol. The van der Waals surface area contributed by atoms with Gasteiger partial charge in [-0.25, -0.2) is 0 Å². The Bertz CT molecular complexity index is 662. The van der Waals surface area contributed by atoms with Gasteiger partial charge < -0.3 is 15.7 Å². The number of methoxy groups -OCH3 is 1. The zero-order chi connectivity index (χ0) is 15.2. The lowest BCUT2D eigenvalue weighted by molar-refractivity contribution is 0.318. The predicted molar refractivity (Wildman–Crippen MR) is 86.5 cm³/mol. The Kier molecular flexibility index (Phi) is 5.36. The van der Waals surface area contributed by atoms with Gasteiger partial charge in [-0.15, -0.1) is 11.8 Å². The molecule has 0 aliphatic rings. The van der Waals surface area contributed by atoms with Crippen molar-refractivity contribution in [2.24, 2.45) is 10.9 Å². The summed E-state index contributed by atoms with van der Waals surface area (Å²) in [6, 6.07) is 13.3. The van der Waals surface area contributed by atoms with Crippen LogP contribution in [0.4, 0.5) is 0 Å². The number of hydrogen-bond donors (Lipinski definition) is 2. The molecule has 0 heterocycles. The van der Waals surface area contributed by atoms with Gasteiger partial charge in [0.1, 0.15) is 5.75 Å². The van der Waals surface area contributed by atoms with Gasteiger partial charge in [0.15, 0.2) is 5.84 Å². The maximum Gasteiger partial charge on any atom is 0.173 e. The summed E-state index contributed by atoms with van der Waals surface area (Å²) < 4.78 is 5.21. The molecule has 6 heteroatoms. The predicted octanol–water partition coefficient (Wildman–Crippen LogP) is 3.74. The van der Waals surface area contributed by atoms with Crippen molar-refractivity contribution in [2.75, 3.05) is 7.11 Å². The molecule has 2 rings (SSSR count). The van der Waals surface area contributed by atoms with Gasteiger partial charge in [0, 0.05) is 10.6 Å². The number of thioether (sulfide) groups is 1. The smallest absolute Gasteiger partial charge is 0.173 e. The summed E-state index contributed by atoms with van der Waals surface area (Å²) in [5, 5.41) is 12.6. The largest absolute Gasteiger partial charge is 0.496 e. The van der Waals surface area contributed by atoms with Crippen LogP contribution in [-0.2, 0) is 5.75 Å². The molecule has 0 atom stereocenters. The van der Waals surface area contributed by atoms with Crippen molar-refractivity contribution in [3.63, 3.8) is 0 Å². The van der Waals surface area contributed by atoms with Crippen LogP contribution in [0.5, 0.6) is 5.75 Å². The zero-order valence-corrected chi connectivity index (χ0v) is 13.0. The molecule has 0 fully saturated rings. The highest BCUT2D eigenvalue weighted by Gasteiger charge is 2.09. The van der Waals surface area contributed by atoms with Crippen LogP contribution in [0.3, 0.4) is 0 Å². The average molecular weight is 323 g/mol. The highest BCUT2D eigenvalue weighted by atomic mass is 35.5. The number of halogens is 1. The Morgan fingerprint density at radius 1 is 1.33 bits per heavy atom. The van der Waals surface area contributed by atoms with E-state index in [0.29, 0.717) is 11.3 Å². The van der Waals surface area contributed by atoms with Crippen LogP contribution in [0.2, 0.25) is 5.02 Å². The fraction of sp³-hybridized carbons (Fsp3) is 0.133. The van der Waals surface area contributed by atoms with E-state index in [-0.39, 0.29) is 5.84 Å². The third-order valence-electron chi connectivity index (χ3n) is 2.88. The highest BCUT2D eigenvalue weighted by Crippen LogP contribution is 2.30. The van der Waals surface area contributed by atoms with Crippen LogP contribution >= 0.6 is 23.4 Å². The lowest BCUT2D eigenvalue weighted by Crippen LogP contribution is -2.14. The molecule has 0 radical (unpaired) electrons. The first kappa shape index (κ1) is 15.5. The van der Waals surface area contributed by atoms with E-state index in [9.17, 15) is 0 Å². The number of hydrogen-bond acceptors (Lipinski definition) is 4. The lowest BCUT2D eigenvalue weighted by Gasteiger charge is -2.10. The molecule has 2 aromatic carbocycles. The summed E-state index contributed by atoms with van der Waals surface area (Å²) in [5.74, 6) is 1.31. The minimum atomic E-state index is 0.0245. The van der Waals surface area contributed by atoms with Crippen LogP contribution < -0.4 is 10.5 Å². The number of oxime groups is 1. The number of nitrogens with zero attached hydrogens (tertiary/aromatic N) is 1. The van der Waals surface area contributed by atoms with E-state index in [4.69, 9.17) is 27.3 Å². The van der Waals surface area contributed by atoms with Gasteiger partial charge >= 0.3 is 0 Å². The zero-order valence-electron chi connectivity index (χ0n) is 11.4. The van der Waals surface area contributed by atoms with E-state index in [2.05, 4.69) is 5.16 Å². The molecule has 0 aromatic heterocycles. The van der Waals surface area contributed by atoms with E-state index in [1.165, 1.54) is 0 Å². The molecule has 3 N–H and O–H groups in total. The van der Waals surface area contributed by atoms with Gasteiger partial charge in [-0.1, -0.05) is 35.0 Å². The van der Waals surface area contributed by atoms with Crippen molar-refractivity contribution < 1.29 is 9.94 Å². The molecule has 0 aliphatic carbocycles. The van der Waals surface area contributed by atoms with Crippen LogP contribution in [0.15, 0.2) is 52.5 Å². The van der Waals surface area contributed by atoms with Crippen molar-refractivity contribution in [3.05, 3.63) is 58.6 Å². The summed E-state index contributed by atoms with van der Waals surface area (Å²) in [7, 11) is 1.54. The molecule has 0 saturated heterocycles. The number of amidine groups is 1. The molecule has 4 nitrogen and oxygen atoms in total. The van der Waals surface area contributed by atoms with Crippen molar-refractivity contribution in [1.82, 2.24) is 0 Å². The standard InChI is InChI=1S/C15H15ClN2O2S/c1-20-13-7-6-10(8-11(13)15(17)18-19)9-21-14-5-3-2-4-12(14)16/h2-8,19H,9H2,1H3,(H2,17,18). The maximum atomic E-state index is 8.83.